The van der Waals surface area contributed by atoms with Crippen LogP contribution in [0, 0.1) is 0 Å². The monoisotopic (exact) mass is 279 g/mol. The maximum absolute atomic E-state index is 3.69. The summed E-state index contributed by atoms with van der Waals surface area (Å²) in [7, 11) is 0. The maximum Gasteiger partial charge on any atom is 0.0292 e. The molecule has 2 aromatic rings. The van der Waals surface area contributed by atoms with Crippen LogP contribution in [0.1, 0.15) is 60.9 Å². The molecule has 0 fully saturated rings. The first kappa shape index (κ1) is 14.3. The summed E-state index contributed by atoms with van der Waals surface area (Å²) in [5, 5.41) is 3.69. The first-order valence-corrected chi connectivity index (χ1v) is 8.06. The van der Waals surface area contributed by atoms with Crippen LogP contribution < -0.4 is 5.32 Å². The van der Waals surface area contributed by atoms with E-state index in [0.717, 1.165) is 6.54 Å². The van der Waals surface area contributed by atoms with E-state index in [9.17, 15) is 0 Å². The molecule has 0 saturated carbocycles. The summed E-state index contributed by atoms with van der Waals surface area (Å²) in [6.07, 6.45) is 1.22. The summed E-state index contributed by atoms with van der Waals surface area (Å²) in [5.74, 6) is 1.30. The minimum atomic E-state index is 0.416. The Kier molecular flexibility index (Phi) is 4.12. The molecule has 0 bridgehead atoms. The molecule has 0 aromatic heterocycles. The van der Waals surface area contributed by atoms with Crippen LogP contribution in [0.2, 0.25) is 0 Å². The van der Waals surface area contributed by atoms with Crippen LogP contribution in [0.15, 0.2) is 48.5 Å². The van der Waals surface area contributed by atoms with Crippen molar-refractivity contribution in [3.05, 3.63) is 70.8 Å². The minimum Gasteiger partial charge on any atom is -0.310 e. The van der Waals surface area contributed by atoms with E-state index in [0.29, 0.717) is 17.9 Å². The highest BCUT2D eigenvalue weighted by Crippen LogP contribution is 2.34. The van der Waals surface area contributed by atoms with Crippen LogP contribution in [-0.2, 0) is 6.42 Å². The molecule has 110 valence electrons. The third-order valence-electron chi connectivity index (χ3n) is 4.73. The molecule has 2 aromatic carbocycles. The van der Waals surface area contributed by atoms with Gasteiger partial charge in [0.25, 0.3) is 0 Å². The van der Waals surface area contributed by atoms with E-state index in [1.165, 1.54) is 28.7 Å². The third kappa shape index (κ3) is 3.03. The summed E-state index contributed by atoms with van der Waals surface area (Å²) in [4.78, 5) is 0. The average Bonchev–Trinajstić information content (AvgIpc) is 2.48. The molecule has 2 unspecified atom stereocenters. The largest absolute Gasteiger partial charge is 0.310 e. The van der Waals surface area contributed by atoms with Crippen molar-refractivity contribution in [1.82, 2.24) is 5.32 Å². The number of hydrogen-bond donors (Lipinski definition) is 1. The molecule has 1 aliphatic carbocycles. The van der Waals surface area contributed by atoms with E-state index in [2.05, 4.69) is 74.6 Å². The van der Waals surface area contributed by atoms with Crippen molar-refractivity contribution in [2.75, 3.05) is 6.54 Å². The van der Waals surface area contributed by atoms with Gasteiger partial charge in [0, 0.05) is 18.5 Å². The van der Waals surface area contributed by atoms with Crippen molar-refractivity contribution in [2.24, 2.45) is 0 Å². The first-order chi connectivity index (χ1) is 10.1. The van der Waals surface area contributed by atoms with E-state index in [4.69, 9.17) is 0 Å². The van der Waals surface area contributed by atoms with Gasteiger partial charge < -0.3 is 5.32 Å². The fourth-order valence-electron chi connectivity index (χ4n) is 3.15. The lowest BCUT2D eigenvalue weighted by Crippen LogP contribution is -2.30. The lowest BCUT2D eigenvalue weighted by molar-refractivity contribution is 0.489. The maximum atomic E-state index is 3.69. The van der Waals surface area contributed by atoms with Gasteiger partial charge in [-0.15, -0.1) is 0 Å². The van der Waals surface area contributed by atoms with Crippen LogP contribution in [0.3, 0.4) is 0 Å². The van der Waals surface area contributed by atoms with Gasteiger partial charge in [0.2, 0.25) is 0 Å². The standard InChI is InChI=1S/C20H25N/c1-14(2)16-8-10-17(11-9-16)15(3)21-13-19-12-18-6-4-5-7-20(18)19/h4-11,14-15,19,21H,12-13H2,1-3H3. The molecular weight excluding hydrogens is 254 g/mol. The zero-order valence-electron chi connectivity index (χ0n) is 13.3. The van der Waals surface area contributed by atoms with Crippen molar-refractivity contribution in [2.45, 2.75) is 45.1 Å². The quantitative estimate of drug-likeness (QED) is 0.829. The Bertz CT molecular complexity index is 597. The predicted molar refractivity (Wildman–Crippen MR) is 89.8 cm³/mol. The van der Waals surface area contributed by atoms with E-state index < -0.39 is 0 Å². The van der Waals surface area contributed by atoms with Crippen LogP contribution in [-0.4, -0.2) is 6.54 Å². The van der Waals surface area contributed by atoms with E-state index in [1.54, 1.807) is 0 Å². The summed E-state index contributed by atoms with van der Waals surface area (Å²) in [6, 6.07) is 18.3. The minimum absolute atomic E-state index is 0.416. The molecule has 0 saturated heterocycles. The SMILES string of the molecule is CC(C)c1ccc(C(C)NCC2Cc3ccccc32)cc1. The van der Waals surface area contributed by atoms with Gasteiger partial charge in [0.1, 0.15) is 0 Å². The summed E-state index contributed by atoms with van der Waals surface area (Å²) < 4.78 is 0. The number of benzene rings is 2. The van der Waals surface area contributed by atoms with E-state index in [-0.39, 0.29) is 0 Å². The molecule has 0 radical (unpaired) electrons. The molecule has 1 N–H and O–H groups in total. The second kappa shape index (κ2) is 6.03. The fourth-order valence-corrected chi connectivity index (χ4v) is 3.15. The lowest BCUT2D eigenvalue weighted by atomic mass is 9.77. The summed E-state index contributed by atoms with van der Waals surface area (Å²) in [5.41, 5.74) is 5.86. The molecular formula is C20H25N. The average molecular weight is 279 g/mol. The van der Waals surface area contributed by atoms with Gasteiger partial charge in [-0.1, -0.05) is 62.4 Å². The van der Waals surface area contributed by atoms with E-state index in [1.807, 2.05) is 0 Å². The number of fused-ring (bicyclic) bond motifs is 1. The molecule has 0 spiro atoms. The van der Waals surface area contributed by atoms with Gasteiger partial charge in [-0.25, -0.2) is 0 Å². The highest BCUT2D eigenvalue weighted by Gasteiger charge is 2.25. The zero-order valence-corrected chi connectivity index (χ0v) is 13.3. The second-order valence-corrected chi connectivity index (χ2v) is 6.55. The second-order valence-electron chi connectivity index (χ2n) is 6.55. The van der Waals surface area contributed by atoms with Gasteiger partial charge in [0.05, 0.1) is 0 Å². The topological polar surface area (TPSA) is 12.0 Å². The molecule has 0 heterocycles. The van der Waals surface area contributed by atoms with Crippen molar-refractivity contribution >= 4 is 0 Å². The zero-order chi connectivity index (χ0) is 14.8. The molecule has 3 rings (SSSR count). The van der Waals surface area contributed by atoms with Gasteiger partial charge in [-0.2, -0.15) is 0 Å². The van der Waals surface area contributed by atoms with Crippen LogP contribution >= 0.6 is 0 Å². The van der Waals surface area contributed by atoms with Gasteiger partial charge in [0.15, 0.2) is 0 Å². The molecule has 21 heavy (non-hydrogen) atoms. The van der Waals surface area contributed by atoms with Crippen molar-refractivity contribution in [3.8, 4) is 0 Å². The normalized spacial score (nSPS) is 18.2. The van der Waals surface area contributed by atoms with Crippen LogP contribution in [0.4, 0.5) is 0 Å². The van der Waals surface area contributed by atoms with Gasteiger partial charge >= 0.3 is 0 Å². The Hall–Kier alpha value is -1.60. The predicted octanol–water partition coefficient (Wildman–Crippen LogP) is 4.80. The van der Waals surface area contributed by atoms with Crippen LogP contribution in [0.5, 0.6) is 0 Å². The Morgan fingerprint density at radius 3 is 2.29 bits per heavy atom. The van der Waals surface area contributed by atoms with Gasteiger partial charge in [-0.3, -0.25) is 0 Å². The highest BCUT2D eigenvalue weighted by molar-refractivity contribution is 5.40. The number of hydrogen-bond acceptors (Lipinski definition) is 1. The molecule has 1 heteroatoms. The Morgan fingerprint density at radius 1 is 0.952 bits per heavy atom. The Morgan fingerprint density at radius 2 is 1.62 bits per heavy atom. The van der Waals surface area contributed by atoms with Crippen molar-refractivity contribution < 1.29 is 0 Å². The third-order valence-corrected chi connectivity index (χ3v) is 4.73. The molecule has 0 amide bonds. The Labute approximate surface area is 128 Å². The smallest absolute Gasteiger partial charge is 0.0292 e. The lowest BCUT2D eigenvalue weighted by Gasteiger charge is -2.31. The summed E-state index contributed by atoms with van der Waals surface area (Å²) >= 11 is 0. The number of nitrogens with one attached hydrogen (secondary N) is 1. The van der Waals surface area contributed by atoms with Crippen molar-refractivity contribution in [1.29, 1.82) is 0 Å². The number of rotatable bonds is 5. The van der Waals surface area contributed by atoms with E-state index >= 15 is 0 Å². The van der Waals surface area contributed by atoms with Crippen molar-refractivity contribution in [3.63, 3.8) is 0 Å². The summed E-state index contributed by atoms with van der Waals surface area (Å²) in [6.45, 7) is 7.81. The van der Waals surface area contributed by atoms with Gasteiger partial charge in [-0.05, 0) is 41.5 Å². The Balaban J connectivity index is 1.56. The molecule has 1 nitrogen and oxygen atoms in total. The highest BCUT2D eigenvalue weighted by atomic mass is 14.9. The molecule has 1 aliphatic rings. The van der Waals surface area contributed by atoms with Crippen LogP contribution in [0.25, 0.3) is 0 Å². The molecule has 0 aliphatic heterocycles. The first-order valence-electron chi connectivity index (χ1n) is 8.06. The fraction of sp³-hybridized carbons (Fsp3) is 0.400. The molecule has 2 atom stereocenters.